The molecule has 152 valence electrons. The van der Waals surface area contributed by atoms with Gasteiger partial charge in [0.25, 0.3) is 0 Å². The van der Waals surface area contributed by atoms with E-state index in [1.165, 1.54) is 10.4 Å². The van der Waals surface area contributed by atoms with Gasteiger partial charge in [0.15, 0.2) is 11.6 Å². The lowest BCUT2D eigenvalue weighted by molar-refractivity contribution is 0.272. The maximum atomic E-state index is 13.4. The molecule has 3 rings (SSSR count). The molecule has 0 saturated carbocycles. The number of benzene rings is 2. The van der Waals surface area contributed by atoms with Gasteiger partial charge in [0, 0.05) is 26.2 Å². The van der Waals surface area contributed by atoms with Crippen molar-refractivity contribution in [3.63, 3.8) is 0 Å². The summed E-state index contributed by atoms with van der Waals surface area (Å²) in [5, 5.41) is 0. The number of rotatable bonds is 4. The Morgan fingerprint density at radius 2 is 1.14 bits per heavy atom. The summed E-state index contributed by atoms with van der Waals surface area (Å²) in [5.41, 5.74) is 1.82. The van der Waals surface area contributed by atoms with Crippen molar-refractivity contribution in [3.8, 4) is 0 Å². The second-order valence-corrected chi connectivity index (χ2v) is 10.5. The van der Waals surface area contributed by atoms with Gasteiger partial charge >= 0.3 is 0 Å². The standard InChI is InChI=1S/C18H20F2N2O4S2/c1-13-3-4-15(11-14(13)2)27(23,24)21-7-9-22(10-8-21)28(25,26)16-5-6-17(19)18(20)12-16/h3-6,11-12H,7-10H2,1-2H3. The summed E-state index contributed by atoms with van der Waals surface area (Å²) in [6, 6.07) is 7.22. The van der Waals surface area contributed by atoms with E-state index in [-0.39, 0.29) is 36.0 Å². The molecule has 10 heteroatoms. The molecule has 0 unspecified atom stereocenters. The average Bonchev–Trinajstić information content (AvgIpc) is 2.66. The number of halogens is 2. The summed E-state index contributed by atoms with van der Waals surface area (Å²) in [6.45, 7) is 3.49. The van der Waals surface area contributed by atoms with Crippen molar-refractivity contribution < 1.29 is 25.6 Å². The second kappa shape index (κ2) is 7.51. The zero-order chi connectivity index (χ0) is 20.7. The van der Waals surface area contributed by atoms with Crippen LogP contribution in [-0.4, -0.2) is 51.6 Å². The summed E-state index contributed by atoms with van der Waals surface area (Å²) in [6.07, 6.45) is 0. The van der Waals surface area contributed by atoms with Gasteiger partial charge in [0.05, 0.1) is 9.79 Å². The van der Waals surface area contributed by atoms with E-state index in [9.17, 15) is 25.6 Å². The van der Waals surface area contributed by atoms with Gasteiger partial charge in [-0.3, -0.25) is 0 Å². The molecule has 0 bridgehead atoms. The minimum atomic E-state index is -4.04. The Bertz CT molecular complexity index is 1020. The SMILES string of the molecule is Cc1ccc(S(=O)(=O)N2CCN(S(=O)(=O)c3ccc(F)c(F)c3)CC2)cc1C. The summed E-state index contributed by atoms with van der Waals surface area (Å²) in [7, 11) is -7.79. The molecule has 2 aromatic rings. The zero-order valence-corrected chi connectivity index (χ0v) is 17.0. The maximum absolute atomic E-state index is 13.4. The Morgan fingerprint density at radius 1 is 0.679 bits per heavy atom. The van der Waals surface area contributed by atoms with E-state index in [1.54, 1.807) is 12.1 Å². The fraction of sp³-hybridized carbons (Fsp3) is 0.333. The number of aryl methyl sites for hydroxylation is 2. The first-order valence-electron chi connectivity index (χ1n) is 8.56. The van der Waals surface area contributed by atoms with Crippen molar-refractivity contribution in [1.29, 1.82) is 0 Å². The van der Waals surface area contributed by atoms with Gasteiger partial charge in [0.1, 0.15) is 0 Å². The van der Waals surface area contributed by atoms with E-state index >= 15 is 0 Å². The second-order valence-electron chi connectivity index (χ2n) is 6.63. The summed E-state index contributed by atoms with van der Waals surface area (Å²) in [4.78, 5) is -0.204. The first kappa shape index (κ1) is 20.8. The largest absolute Gasteiger partial charge is 0.243 e. The Balaban J connectivity index is 1.78. The predicted octanol–water partition coefficient (Wildman–Crippen LogP) is 2.28. The first-order chi connectivity index (χ1) is 13.0. The molecular weight excluding hydrogens is 410 g/mol. The quantitative estimate of drug-likeness (QED) is 0.746. The lowest BCUT2D eigenvalue weighted by Gasteiger charge is -2.33. The van der Waals surface area contributed by atoms with Gasteiger partial charge in [-0.05, 0) is 55.3 Å². The molecule has 1 heterocycles. The third kappa shape index (κ3) is 3.82. The highest BCUT2D eigenvalue weighted by Crippen LogP contribution is 2.24. The molecule has 1 aliphatic heterocycles. The molecule has 0 spiro atoms. The molecular formula is C18H20F2N2O4S2. The van der Waals surface area contributed by atoms with E-state index in [1.807, 2.05) is 13.8 Å². The van der Waals surface area contributed by atoms with Crippen molar-refractivity contribution in [1.82, 2.24) is 8.61 Å². The number of sulfonamides is 2. The molecule has 6 nitrogen and oxygen atoms in total. The number of hydrogen-bond acceptors (Lipinski definition) is 4. The number of piperazine rings is 1. The lowest BCUT2D eigenvalue weighted by Crippen LogP contribution is -2.50. The van der Waals surface area contributed by atoms with Crippen LogP contribution in [0.15, 0.2) is 46.2 Å². The predicted molar refractivity (Wildman–Crippen MR) is 99.8 cm³/mol. The third-order valence-electron chi connectivity index (χ3n) is 4.84. The molecule has 1 fully saturated rings. The maximum Gasteiger partial charge on any atom is 0.243 e. The van der Waals surface area contributed by atoms with Crippen molar-refractivity contribution >= 4 is 20.0 Å². The van der Waals surface area contributed by atoms with Gasteiger partial charge < -0.3 is 0 Å². The molecule has 0 amide bonds. The summed E-state index contributed by atoms with van der Waals surface area (Å²) >= 11 is 0. The topological polar surface area (TPSA) is 74.8 Å². The van der Waals surface area contributed by atoms with Crippen LogP contribution in [0.4, 0.5) is 8.78 Å². The van der Waals surface area contributed by atoms with Crippen LogP contribution >= 0.6 is 0 Å². The summed E-state index contributed by atoms with van der Waals surface area (Å²) in [5.74, 6) is -2.39. The van der Waals surface area contributed by atoms with Crippen molar-refractivity contribution in [2.24, 2.45) is 0 Å². The molecule has 28 heavy (non-hydrogen) atoms. The molecule has 2 aromatic carbocycles. The fourth-order valence-electron chi connectivity index (χ4n) is 2.96. The van der Waals surface area contributed by atoms with Crippen molar-refractivity contribution in [3.05, 3.63) is 59.2 Å². The fourth-order valence-corrected chi connectivity index (χ4v) is 5.90. The zero-order valence-electron chi connectivity index (χ0n) is 15.4. The van der Waals surface area contributed by atoms with E-state index in [0.717, 1.165) is 27.6 Å². The highest BCUT2D eigenvalue weighted by Gasteiger charge is 2.34. The van der Waals surface area contributed by atoms with E-state index in [2.05, 4.69) is 0 Å². The minimum Gasteiger partial charge on any atom is -0.207 e. The van der Waals surface area contributed by atoms with Gasteiger partial charge in [0.2, 0.25) is 20.0 Å². The normalized spacial score (nSPS) is 17.0. The Morgan fingerprint density at radius 3 is 1.61 bits per heavy atom. The van der Waals surface area contributed by atoms with Crippen LogP contribution in [0.3, 0.4) is 0 Å². The highest BCUT2D eigenvalue weighted by atomic mass is 32.2. The molecule has 1 aliphatic rings. The highest BCUT2D eigenvalue weighted by molar-refractivity contribution is 7.89. The monoisotopic (exact) mass is 430 g/mol. The van der Waals surface area contributed by atoms with E-state index in [4.69, 9.17) is 0 Å². The van der Waals surface area contributed by atoms with Crippen LogP contribution in [0, 0.1) is 25.5 Å². The van der Waals surface area contributed by atoms with E-state index < -0.39 is 31.7 Å². The van der Waals surface area contributed by atoms with Crippen LogP contribution in [0.1, 0.15) is 11.1 Å². The van der Waals surface area contributed by atoms with Crippen LogP contribution < -0.4 is 0 Å². The number of hydrogen-bond donors (Lipinski definition) is 0. The molecule has 0 aromatic heterocycles. The Hall–Kier alpha value is -1.88. The van der Waals surface area contributed by atoms with Crippen molar-refractivity contribution in [2.75, 3.05) is 26.2 Å². The lowest BCUT2D eigenvalue weighted by atomic mass is 10.1. The van der Waals surface area contributed by atoms with E-state index in [0.29, 0.717) is 6.07 Å². The Kier molecular flexibility index (Phi) is 5.59. The third-order valence-corrected chi connectivity index (χ3v) is 8.63. The smallest absolute Gasteiger partial charge is 0.207 e. The minimum absolute atomic E-state index is 0.0296. The summed E-state index contributed by atoms with van der Waals surface area (Å²) < 4.78 is 79.7. The first-order valence-corrected chi connectivity index (χ1v) is 11.4. The molecule has 0 radical (unpaired) electrons. The van der Waals surface area contributed by atoms with Gasteiger partial charge in [-0.1, -0.05) is 6.07 Å². The average molecular weight is 430 g/mol. The van der Waals surface area contributed by atoms with Crippen LogP contribution in [0.2, 0.25) is 0 Å². The number of nitrogens with zero attached hydrogens (tertiary/aromatic N) is 2. The van der Waals surface area contributed by atoms with Gasteiger partial charge in [-0.2, -0.15) is 8.61 Å². The molecule has 0 aliphatic carbocycles. The Labute approximate surface area is 163 Å². The van der Waals surface area contributed by atoms with Gasteiger partial charge in [-0.15, -0.1) is 0 Å². The van der Waals surface area contributed by atoms with Crippen LogP contribution in [-0.2, 0) is 20.0 Å². The van der Waals surface area contributed by atoms with Crippen LogP contribution in [0.25, 0.3) is 0 Å². The molecule has 0 N–H and O–H groups in total. The van der Waals surface area contributed by atoms with Crippen LogP contribution in [0.5, 0.6) is 0 Å². The molecule has 1 saturated heterocycles. The van der Waals surface area contributed by atoms with Gasteiger partial charge in [-0.25, -0.2) is 25.6 Å². The molecule has 0 atom stereocenters. The van der Waals surface area contributed by atoms with Crippen molar-refractivity contribution in [2.45, 2.75) is 23.6 Å².